The number of ether oxygens (including phenoxy) is 1. The normalized spacial score (nSPS) is 34.7. The molecule has 0 radical (unpaired) electrons. The molecular weight excluding hydrogens is 680 g/mol. The Labute approximate surface area is 318 Å². The van der Waals surface area contributed by atoms with Gasteiger partial charge >= 0.3 is 12.1 Å². The Kier molecular flexibility index (Phi) is 8.48. The molecule has 5 aliphatic rings. The highest BCUT2D eigenvalue weighted by Crippen LogP contribution is 2.76. The highest BCUT2D eigenvalue weighted by Gasteiger charge is 2.68. The van der Waals surface area contributed by atoms with Crippen LogP contribution >= 0.6 is 0 Å². The van der Waals surface area contributed by atoms with Crippen molar-refractivity contribution in [1.82, 2.24) is 10.2 Å². The number of carboxylic acid groups (broad SMARTS) is 1. The largest absolute Gasteiger partial charge is 0.481 e. The lowest BCUT2D eigenvalue weighted by Gasteiger charge is -2.70. The predicted molar refractivity (Wildman–Crippen MR) is 209 cm³/mol. The average molecular weight is 737 g/mol. The van der Waals surface area contributed by atoms with Gasteiger partial charge in [-0.2, -0.15) is 5.10 Å². The van der Waals surface area contributed by atoms with Crippen LogP contribution in [-0.2, 0) is 28.0 Å². The summed E-state index contributed by atoms with van der Waals surface area (Å²) in [6.07, 6.45) is 6.40. The van der Waals surface area contributed by atoms with Crippen molar-refractivity contribution < 1.29 is 23.8 Å². The summed E-state index contributed by atoms with van der Waals surface area (Å²) in [6.45, 7) is 16.7. The number of nitrogens with two attached hydrogens (primary N) is 1. The zero-order valence-electron chi connectivity index (χ0n) is 32.9. The Hall–Kier alpha value is -4.14. The smallest absolute Gasteiger partial charge is 0.412 e. The number of rotatable bonds is 5. The fraction of sp³-hybridized carbons (Fsp3) is 0.578. The van der Waals surface area contributed by atoms with Crippen LogP contribution in [-0.4, -0.2) is 27.4 Å². The number of aromatic amines is 1. The molecule has 54 heavy (non-hydrogen) atoms. The molecule has 9 heteroatoms. The monoisotopic (exact) mass is 736 g/mol. The third-order valence-electron chi connectivity index (χ3n) is 15.9. The molecular formula is C45H57FN4O4. The Balaban J connectivity index is 1.24. The summed E-state index contributed by atoms with van der Waals surface area (Å²) in [5.74, 6) is -0.292. The number of anilines is 2. The van der Waals surface area contributed by atoms with Crippen molar-refractivity contribution >= 4 is 29.1 Å². The van der Waals surface area contributed by atoms with E-state index >= 15 is 4.39 Å². The van der Waals surface area contributed by atoms with Crippen molar-refractivity contribution in [2.24, 2.45) is 51.2 Å². The first-order chi connectivity index (χ1) is 25.4. The number of amides is 1. The van der Waals surface area contributed by atoms with Gasteiger partial charge in [-0.05, 0) is 126 Å². The number of nitrogen functional groups attached to an aromatic ring is 1. The number of nitrogens with zero attached hydrogens (tertiary/aromatic N) is 1. The summed E-state index contributed by atoms with van der Waals surface area (Å²) in [4.78, 5) is 25.7. The number of carbonyl (C=O) groups is 2. The van der Waals surface area contributed by atoms with Crippen LogP contribution in [0.4, 0.5) is 20.7 Å². The fourth-order valence-corrected chi connectivity index (χ4v) is 13.4. The number of aliphatic carboxylic acids is 1. The quantitative estimate of drug-likeness (QED) is 0.206. The van der Waals surface area contributed by atoms with Crippen LogP contribution in [0, 0.1) is 57.1 Å². The zero-order chi connectivity index (χ0) is 38.6. The maximum absolute atomic E-state index is 16.3. The number of fused-ring (bicyclic) bond motifs is 8. The van der Waals surface area contributed by atoms with Gasteiger partial charge in [-0.15, -0.1) is 0 Å². The van der Waals surface area contributed by atoms with Gasteiger partial charge in [-0.25, -0.2) is 9.18 Å². The first kappa shape index (κ1) is 36.8. The lowest BCUT2D eigenvalue weighted by Crippen LogP contribution is -2.64. The molecule has 1 heterocycles. The van der Waals surface area contributed by atoms with Gasteiger partial charge in [0, 0.05) is 16.7 Å². The van der Waals surface area contributed by atoms with E-state index in [2.05, 4.69) is 64.0 Å². The van der Waals surface area contributed by atoms with E-state index in [0.29, 0.717) is 18.2 Å². The van der Waals surface area contributed by atoms with Crippen LogP contribution in [0.3, 0.4) is 0 Å². The molecule has 5 N–H and O–H groups in total. The van der Waals surface area contributed by atoms with E-state index in [-0.39, 0.29) is 57.1 Å². The molecule has 5 aliphatic carbocycles. The standard InChI is InChI=1S/C45H57FN4O4/c1-41(2)21-29-27(30(22-41)39(51)52)15-17-45(7)36(29)28(26-13-14-33(32(46)19-26)48-40(53)54-24-25-11-9-8-10-12-25)20-35-43(5)23-31-37(49-50-38(31)47)42(3,4)34(43)16-18-44(35,45)6/h8-14,19,27,29-30,34-35H,15-18,20-24H2,1-7H3,(H,48,53)(H,51,52)(H3,47,49,50)/t27?,29?,30-,34?,35?,43?,44?,45?/m1/s1. The number of H-pyrrole nitrogens is 1. The highest BCUT2D eigenvalue weighted by molar-refractivity contribution is 5.85. The van der Waals surface area contributed by atoms with Gasteiger partial charge in [0.25, 0.3) is 0 Å². The summed E-state index contributed by atoms with van der Waals surface area (Å²) in [6, 6.07) is 14.6. The number of allylic oxidation sites excluding steroid dienone is 2. The second-order valence-corrected chi connectivity index (χ2v) is 19.6. The first-order valence-corrected chi connectivity index (χ1v) is 20.0. The van der Waals surface area contributed by atoms with Crippen molar-refractivity contribution in [3.63, 3.8) is 0 Å². The maximum Gasteiger partial charge on any atom is 0.412 e. The summed E-state index contributed by atoms with van der Waals surface area (Å²) >= 11 is 0. The molecule has 3 aromatic rings. The SMILES string of the molecule is CC1(C)CC2C3=C(c4ccc(NC(=O)OCc5ccccc5)c(F)c4)CC4C5(C)Cc6c(N)n[nH]c6C(C)(C)C5CCC4(C)C3(C)CCC2[C@H](C(=O)O)C1. The third kappa shape index (κ3) is 5.45. The van der Waals surface area contributed by atoms with Gasteiger partial charge in [0.05, 0.1) is 11.6 Å². The number of carbonyl (C=O) groups excluding carboxylic acids is 1. The molecule has 0 bridgehead atoms. The second kappa shape index (κ2) is 12.4. The first-order valence-electron chi connectivity index (χ1n) is 20.0. The van der Waals surface area contributed by atoms with Crippen molar-refractivity contribution in [2.45, 2.75) is 112 Å². The summed E-state index contributed by atoms with van der Waals surface area (Å²) in [5, 5.41) is 21.0. The molecule has 0 spiro atoms. The van der Waals surface area contributed by atoms with E-state index in [1.165, 1.54) is 11.1 Å². The highest BCUT2D eigenvalue weighted by atomic mass is 19.1. The molecule has 2 aromatic carbocycles. The van der Waals surface area contributed by atoms with Gasteiger partial charge in [0.1, 0.15) is 18.2 Å². The topological polar surface area (TPSA) is 130 Å². The number of carboxylic acids is 1. The number of halogens is 1. The lowest BCUT2D eigenvalue weighted by atomic mass is 9.33. The van der Waals surface area contributed by atoms with E-state index in [0.717, 1.165) is 67.3 Å². The van der Waals surface area contributed by atoms with Crippen LogP contribution in [0.15, 0.2) is 54.1 Å². The molecule has 3 fully saturated rings. The second-order valence-electron chi connectivity index (χ2n) is 19.6. The molecule has 7 unspecified atom stereocenters. The van der Waals surface area contributed by atoms with Crippen LogP contribution in [0.25, 0.3) is 5.57 Å². The third-order valence-corrected chi connectivity index (χ3v) is 15.9. The number of hydrogen-bond donors (Lipinski definition) is 4. The van der Waals surface area contributed by atoms with Gasteiger partial charge in [0.15, 0.2) is 0 Å². The molecule has 0 aliphatic heterocycles. The zero-order valence-corrected chi connectivity index (χ0v) is 32.9. The van der Waals surface area contributed by atoms with Gasteiger partial charge in [-0.3, -0.25) is 15.2 Å². The van der Waals surface area contributed by atoms with E-state index in [1.54, 1.807) is 12.1 Å². The van der Waals surface area contributed by atoms with E-state index in [4.69, 9.17) is 10.5 Å². The van der Waals surface area contributed by atoms with E-state index < -0.39 is 23.8 Å². The minimum atomic E-state index is -0.716. The molecule has 288 valence electrons. The minimum Gasteiger partial charge on any atom is -0.481 e. The average Bonchev–Trinajstić information content (AvgIpc) is 3.48. The van der Waals surface area contributed by atoms with Crippen molar-refractivity contribution in [2.75, 3.05) is 11.1 Å². The number of hydrogen-bond acceptors (Lipinski definition) is 5. The van der Waals surface area contributed by atoms with Crippen molar-refractivity contribution in [3.05, 3.63) is 82.3 Å². The molecule has 0 saturated heterocycles. The fourth-order valence-electron chi connectivity index (χ4n) is 13.4. The summed E-state index contributed by atoms with van der Waals surface area (Å²) < 4.78 is 21.7. The maximum atomic E-state index is 16.3. The molecule has 8 atom stereocenters. The number of nitrogens with one attached hydrogen (secondary N) is 2. The van der Waals surface area contributed by atoms with Crippen LogP contribution < -0.4 is 11.1 Å². The van der Waals surface area contributed by atoms with Crippen LogP contribution in [0.2, 0.25) is 0 Å². The Morgan fingerprint density at radius 3 is 2.44 bits per heavy atom. The Morgan fingerprint density at radius 2 is 1.74 bits per heavy atom. The minimum absolute atomic E-state index is 0.0350. The summed E-state index contributed by atoms with van der Waals surface area (Å²) in [5.41, 5.74) is 12.4. The molecule has 8 rings (SSSR count). The molecule has 8 nitrogen and oxygen atoms in total. The molecule has 3 saturated carbocycles. The van der Waals surface area contributed by atoms with Crippen LogP contribution in [0.5, 0.6) is 0 Å². The van der Waals surface area contributed by atoms with Crippen LogP contribution in [0.1, 0.15) is 116 Å². The summed E-state index contributed by atoms with van der Waals surface area (Å²) in [7, 11) is 0. The van der Waals surface area contributed by atoms with Crippen molar-refractivity contribution in [3.8, 4) is 0 Å². The van der Waals surface area contributed by atoms with Crippen molar-refractivity contribution in [1.29, 1.82) is 0 Å². The van der Waals surface area contributed by atoms with Gasteiger partial charge < -0.3 is 15.6 Å². The Morgan fingerprint density at radius 1 is 1.00 bits per heavy atom. The van der Waals surface area contributed by atoms with E-state index in [9.17, 15) is 14.7 Å². The Bertz CT molecular complexity index is 2040. The van der Waals surface area contributed by atoms with Gasteiger partial charge in [0.2, 0.25) is 0 Å². The number of aromatic nitrogens is 2. The molecule has 1 amide bonds. The molecule has 1 aromatic heterocycles. The number of benzene rings is 2. The van der Waals surface area contributed by atoms with E-state index in [1.807, 2.05) is 36.4 Å². The predicted octanol–water partition coefficient (Wildman–Crippen LogP) is 10.2. The lowest BCUT2D eigenvalue weighted by molar-refractivity contribution is -0.161. The van der Waals surface area contributed by atoms with Gasteiger partial charge in [-0.1, -0.05) is 90.4 Å².